The number of carbonyl (C=O) groups is 5. The zero-order valence-electron chi connectivity index (χ0n) is 19.6. The SMILES string of the molecule is O=C(O)CN(CCN(CC(=O)O)CC(Cc1ccccc1)(N(CC(=O)O)CC(=O)O)[N+](=O)[O-])CC(=O)O. The van der Waals surface area contributed by atoms with E-state index in [1.807, 2.05) is 0 Å². The summed E-state index contributed by atoms with van der Waals surface area (Å²) in [5.41, 5.74) is -2.09. The minimum atomic E-state index is -2.43. The van der Waals surface area contributed by atoms with Gasteiger partial charge in [-0.3, -0.25) is 43.9 Å². The fourth-order valence-electron chi connectivity index (χ4n) is 3.75. The van der Waals surface area contributed by atoms with Crippen molar-refractivity contribution in [3.8, 4) is 0 Å². The number of carboxylic acid groups (broad SMARTS) is 5. The van der Waals surface area contributed by atoms with E-state index in [0.29, 0.717) is 10.5 Å². The molecule has 0 bridgehead atoms. The van der Waals surface area contributed by atoms with Crippen LogP contribution in [0.15, 0.2) is 30.3 Å². The smallest absolute Gasteiger partial charge is 0.317 e. The Kier molecular flexibility index (Phi) is 12.0. The number of hydrogen-bond donors (Lipinski definition) is 5. The Morgan fingerprint density at radius 3 is 1.51 bits per heavy atom. The Hall–Kier alpha value is -4.15. The van der Waals surface area contributed by atoms with Crippen LogP contribution >= 0.6 is 0 Å². The van der Waals surface area contributed by atoms with Crippen LogP contribution in [0, 0.1) is 10.1 Å². The quantitative estimate of drug-likeness (QED) is 0.0782. The monoisotopic (exact) mass is 528 g/mol. The first-order valence-corrected chi connectivity index (χ1v) is 10.7. The van der Waals surface area contributed by atoms with Gasteiger partial charge < -0.3 is 25.5 Å². The Bertz CT molecular complexity index is 957. The molecule has 0 amide bonds. The van der Waals surface area contributed by atoms with Gasteiger partial charge in [0.1, 0.15) is 13.1 Å². The van der Waals surface area contributed by atoms with E-state index in [-0.39, 0.29) is 13.1 Å². The lowest BCUT2D eigenvalue weighted by Crippen LogP contribution is -2.65. The van der Waals surface area contributed by atoms with Crippen LogP contribution in [0.4, 0.5) is 0 Å². The van der Waals surface area contributed by atoms with Crippen LogP contribution in [-0.4, -0.2) is 133 Å². The largest absolute Gasteiger partial charge is 0.480 e. The third-order valence-corrected chi connectivity index (χ3v) is 5.20. The summed E-state index contributed by atoms with van der Waals surface area (Å²) < 4.78 is 0. The average Bonchev–Trinajstić information content (AvgIpc) is 2.75. The summed E-state index contributed by atoms with van der Waals surface area (Å²) in [5.74, 6) is -7.26. The van der Waals surface area contributed by atoms with Gasteiger partial charge in [-0.15, -0.1) is 0 Å². The molecule has 5 N–H and O–H groups in total. The molecule has 0 radical (unpaired) electrons. The molecule has 16 heteroatoms. The molecule has 0 saturated carbocycles. The maximum atomic E-state index is 12.5. The summed E-state index contributed by atoms with van der Waals surface area (Å²) in [6.07, 6.45) is -0.495. The highest BCUT2D eigenvalue weighted by molar-refractivity contribution is 5.73. The van der Waals surface area contributed by atoms with Crippen molar-refractivity contribution >= 4 is 29.8 Å². The van der Waals surface area contributed by atoms with Crippen molar-refractivity contribution in [2.45, 2.75) is 12.1 Å². The van der Waals surface area contributed by atoms with E-state index >= 15 is 0 Å². The van der Waals surface area contributed by atoms with Crippen molar-refractivity contribution in [2.75, 3.05) is 52.4 Å². The molecular formula is C21H28N4O12. The van der Waals surface area contributed by atoms with Gasteiger partial charge in [0.2, 0.25) is 0 Å². The van der Waals surface area contributed by atoms with Gasteiger partial charge >= 0.3 is 29.8 Å². The molecule has 1 unspecified atom stereocenters. The first-order valence-electron chi connectivity index (χ1n) is 10.7. The van der Waals surface area contributed by atoms with E-state index < -0.39 is 86.1 Å². The minimum absolute atomic E-state index is 0.317. The zero-order chi connectivity index (χ0) is 28.2. The van der Waals surface area contributed by atoms with E-state index in [9.17, 15) is 49.4 Å². The molecular weight excluding hydrogens is 500 g/mol. The van der Waals surface area contributed by atoms with E-state index in [2.05, 4.69) is 0 Å². The van der Waals surface area contributed by atoms with E-state index in [1.165, 1.54) is 12.1 Å². The van der Waals surface area contributed by atoms with Gasteiger partial charge in [-0.1, -0.05) is 30.3 Å². The van der Waals surface area contributed by atoms with Gasteiger partial charge in [-0.2, -0.15) is 0 Å². The molecule has 0 fully saturated rings. The van der Waals surface area contributed by atoms with E-state index in [4.69, 9.17) is 10.2 Å². The van der Waals surface area contributed by atoms with Gasteiger partial charge in [0.15, 0.2) is 0 Å². The highest BCUT2D eigenvalue weighted by Gasteiger charge is 2.51. The van der Waals surface area contributed by atoms with E-state index in [0.717, 1.165) is 9.80 Å². The number of rotatable bonds is 19. The molecule has 204 valence electrons. The van der Waals surface area contributed by atoms with Crippen molar-refractivity contribution < 1.29 is 54.4 Å². The van der Waals surface area contributed by atoms with Crippen LogP contribution in [0.3, 0.4) is 0 Å². The molecule has 1 aromatic rings. The number of nitro groups is 1. The van der Waals surface area contributed by atoms with E-state index in [1.54, 1.807) is 18.2 Å². The molecule has 0 aromatic heterocycles. The molecule has 0 saturated heterocycles. The molecule has 0 aliphatic rings. The molecule has 16 nitrogen and oxygen atoms in total. The first-order chi connectivity index (χ1) is 17.2. The highest BCUT2D eigenvalue weighted by atomic mass is 16.6. The number of benzene rings is 1. The third kappa shape index (κ3) is 11.0. The predicted octanol–water partition coefficient (Wildman–Crippen LogP) is -1.47. The zero-order valence-corrected chi connectivity index (χ0v) is 19.6. The summed E-state index contributed by atoms with van der Waals surface area (Å²) in [7, 11) is 0. The predicted molar refractivity (Wildman–Crippen MR) is 123 cm³/mol. The van der Waals surface area contributed by atoms with Gasteiger partial charge in [0.05, 0.1) is 32.6 Å². The van der Waals surface area contributed by atoms with Crippen LogP contribution in [0.1, 0.15) is 5.56 Å². The van der Waals surface area contributed by atoms with Crippen LogP contribution in [0.25, 0.3) is 0 Å². The molecule has 37 heavy (non-hydrogen) atoms. The maximum Gasteiger partial charge on any atom is 0.317 e. The average molecular weight is 528 g/mol. The highest BCUT2D eigenvalue weighted by Crippen LogP contribution is 2.24. The van der Waals surface area contributed by atoms with Gasteiger partial charge in [-0.25, -0.2) is 4.90 Å². The van der Waals surface area contributed by atoms with Crippen LogP contribution in [0.2, 0.25) is 0 Å². The van der Waals surface area contributed by atoms with Gasteiger partial charge in [0.25, 0.3) is 5.66 Å². The molecule has 1 rings (SSSR count). The van der Waals surface area contributed by atoms with Gasteiger partial charge in [0, 0.05) is 18.0 Å². The number of nitrogens with zero attached hydrogens (tertiary/aromatic N) is 4. The summed E-state index contributed by atoms with van der Waals surface area (Å²) in [4.78, 5) is 71.0. The standard InChI is InChI=1S/C21H28N4O12/c26-16(27)9-22(10-17(28)29)6-7-23(11-18(30)31)14-21(25(36)37,8-15-4-2-1-3-5-15)24(12-19(32)33)13-20(34)35/h1-5H,6-14H2,(H,26,27)(H,28,29)(H,30,31)(H,32,33)(H,34,35). The summed E-state index contributed by atoms with van der Waals surface area (Å²) in [5, 5.41) is 58.6. The molecule has 0 aliphatic heterocycles. The topological polar surface area (TPSA) is 239 Å². The van der Waals surface area contributed by atoms with Crippen molar-refractivity contribution in [3.05, 3.63) is 46.0 Å². The lowest BCUT2D eigenvalue weighted by atomic mass is 9.96. The Labute approximate surface area is 210 Å². The van der Waals surface area contributed by atoms with Crippen LogP contribution in [-0.2, 0) is 30.4 Å². The molecule has 0 spiro atoms. The molecule has 1 aromatic carbocycles. The molecule has 0 heterocycles. The van der Waals surface area contributed by atoms with Crippen molar-refractivity contribution in [1.82, 2.24) is 14.7 Å². The summed E-state index contributed by atoms with van der Waals surface area (Å²) in [6.45, 7) is -5.77. The molecule has 1 atom stereocenters. The second-order valence-corrected chi connectivity index (χ2v) is 8.15. The number of carboxylic acids is 5. The fraction of sp³-hybridized carbons (Fsp3) is 0.476. The Morgan fingerprint density at radius 2 is 1.11 bits per heavy atom. The lowest BCUT2D eigenvalue weighted by molar-refractivity contribution is -0.601. The number of aliphatic carboxylic acids is 5. The third-order valence-electron chi connectivity index (χ3n) is 5.20. The van der Waals surface area contributed by atoms with Crippen molar-refractivity contribution in [2.24, 2.45) is 0 Å². The molecule has 0 aliphatic carbocycles. The normalized spacial score (nSPS) is 12.8. The fourth-order valence-corrected chi connectivity index (χ4v) is 3.75. The lowest BCUT2D eigenvalue weighted by Gasteiger charge is -2.38. The maximum absolute atomic E-state index is 12.5. The van der Waals surface area contributed by atoms with Gasteiger partial charge in [-0.05, 0) is 5.56 Å². The van der Waals surface area contributed by atoms with Crippen LogP contribution in [0.5, 0.6) is 0 Å². The minimum Gasteiger partial charge on any atom is -0.480 e. The number of hydrogen-bond acceptors (Lipinski definition) is 10. The van der Waals surface area contributed by atoms with Crippen molar-refractivity contribution in [1.29, 1.82) is 0 Å². The Morgan fingerprint density at radius 1 is 0.703 bits per heavy atom. The van der Waals surface area contributed by atoms with Crippen molar-refractivity contribution in [3.63, 3.8) is 0 Å². The first kappa shape index (κ1) is 30.9. The Balaban J connectivity index is 3.50. The second-order valence-electron chi connectivity index (χ2n) is 8.15. The summed E-state index contributed by atoms with van der Waals surface area (Å²) >= 11 is 0. The second kappa shape index (κ2) is 14.4. The summed E-state index contributed by atoms with van der Waals surface area (Å²) in [6, 6.07) is 7.74. The van der Waals surface area contributed by atoms with Crippen LogP contribution < -0.4 is 0 Å².